The highest BCUT2D eigenvalue weighted by Gasteiger charge is 2.40. The van der Waals surface area contributed by atoms with Gasteiger partial charge in [0.2, 0.25) is 12.3 Å². The number of fused-ring (bicyclic) bond motifs is 8. The fraction of sp³-hybridized carbons (Fsp3) is 0.913. The van der Waals surface area contributed by atoms with Crippen LogP contribution in [0.1, 0.15) is 103 Å². The summed E-state index contributed by atoms with van der Waals surface area (Å²) in [5, 5.41) is 11.4. The first kappa shape index (κ1) is 22.0. The largest absolute Gasteiger partial charge is 0.342 e. The molecule has 5 heteroatoms. The van der Waals surface area contributed by atoms with Gasteiger partial charge in [0.15, 0.2) is 0 Å². The van der Waals surface area contributed by atoms with E-state index in [0.29, 0.717) is 36.9 Å². The van der Waals surface area contributed by atoms with E-state index in [4.69, 9.17) is 9.47 Å². The van der Waals surface area contributed by atoms with Crippen LogP contribution < -0.4 is 0 Å². The van der Waals surface area contributed by atoms with Crippen LogP contribution in [-0.4, -0.2) is 23.2 Å². The highest BCUT2D eigenvalue weighted by molar-refractivity contribution is 4.90. The number of rotatable bonds is 11. The monoisotopic (exact) mass is 393 g/mol. The molecule has 5 unspecified atom stereocenters. The van der Waals surface area contributed by atoms with Gasteiger partial charge in [0.1, 0.15) is 0 Å². The summed E-state index contributed by atoms with van der Waals surface area (Å²) < 4.78 is 12.7. The van der Waals surface area contributed by atoms with Gasteiger partial charge in [-0.3, -0.25) is 10.1 Å². The van der Waals surface area contributed by atoms with E-state index in [2.05, 4.69) is 6.92 Å². The van der Waals surface area contributed by atoms with Crippen LogP contribution in [0.3, 0.4) is 0 Å². The van der Waals surface area contributed by atoms with Gasteiger partial charge >= 0.3 is 0 Å². The summed E-state index contributed by atoms with van der Waals surface area (Å²) in [7, 11) is 0. The summed E-state index contributed by atoms with van der Waals surface area (Å²) in [6.45, 7) is 3.85. The Morgan fingerprint density at radius 3 is 2.11 bits per heavy atom. The van der Waals surface area contributed by atoms with Crippen molar-refractivity contribution in [3.05, 3.63) is 23.3 Å². The van der Waals surface area contributed by atoms with Gasteiger partial charge in [-0.2, -0.15) is 0 Å². The molecule has 0 aromatic carbocycles. The zero-order valence-corrected chi connectivity index (χ0v) is 17.5. The molecule has 3 rings (SSSR count). The van der Waals surface area contributed by atoms with Gasteiger partial charge in [0.25, 0.3) is 0 Å². The molecule has 0 amide bonds. The number of ether oxygens (including phenoxy) is 2. The maximum Gasteiger partial charge on any atom is 0.224 e. The van der Waals surface area contributed by atoms with Gasteiger partial charge in [0.05, 0.1) is 12.2 Å². The van der Waals surface area contributed by atoms with Crippen molar-refractivity contribution in [2.45, 2.75) is 121 Å². The Bertz CT molecular complexity index is 450. The Kier molecular flexibility index (Phi) is 9.04. The molecule has 1 saturated heterocycles. The average molecular weight is 394 g/mol. The molecule has 3 fully saturated rings. The molecule has 5 atom stereocenters. The average Bonchev–Trinajstić information content (AvgIpc) is 2.99. The van der Waals surface area contributed by atoms with E-state index in [1.165, 1.54) is 32.1 Å². The molecule has 0 aromatic rings. The van der Waals surface area contributed by atoms with Gasteiger partial charge in [-0.15, -0.1) is 0 Å². The Labute approximate surface area is 171 Å². The number of nitro groups is 1. The molecule has 0 N–H and O–H groups in total. The SMILES string of the molecule is [CH2]CCCCCCC(CCC[C]1OC2CCC(O1)C1CCCC2CC1)[N+](=O)[O-]. The Morgan fingerprint density at radius 2 is 1.50 bits per heavy atom. The van der Waals surface area contributed by atoms with E-state index in [1.807, 2.05) is 0 Å². The summed E-state index contributed by atoms with van der Waals surface area (Å²) in [5.41, 5.74) is 0. The van der Waals surface area contributed by atoms with Crippen molar-refractivity contribution < 1.29 is 14.4 Å². The normalized spacial score (nSPS) is 31.8. The van der Waals surface area contributed by atoms with Crippen LogP contribution in [0, 0.1) is 35.2 Å². The lowest BCUT2D eigenvalue weighted by Crippen LogP contribution is -2.26. The van der Waals surface area contributed by atoms with Crippen LogP contribution in [-0.2, 0) is 9.47 Å². The lowest BCUT2D eigenvalue weighted by molar-refractivity contribution is -0.524. The Morgan fingerprint density at radius 1 is 0.893 bits per heavy atom. The van der Waals surface area contributed by atoms with Crippen LogP contribution >= 0.6 is 0 Å². The quantitative estimate of drug-likeness (QED) is 0.180. The highest BCUT2D eigenvalue weighted by Crippen LogP contribution is 2.43. The first-order valence-electron chi connectivity index (χ1n) is 11.8. The molecule has 2 aliphatic carbocycles. The molecule has 1 heterocycles. The van der Waals surface area contributed by atoms with Gasteiger partial charge in [-0.05, 0) is 63.2 Å². The third-order valence-corrected chi connectivity index (χ3v) is 7.16. The van der Waals surface area contributed by atoms with Crippen molar-refractivity contribution in [2.75, 3.05) is 0 Å². The molecule has 1 aliphatic heterocycles. The molecule has 5 nitrogen and oxygen atoms in total. The van der Waals surface area contributed by atoms with Gasteiger partial charge in [-0.25, -0.2) is 0 Å². The fourth-order valence-corrected chi connectivity index (χ4v) is 5.44. The van der Waals surface area contributed by atoms with Gasteiger partial charge in [-0.1, -0.05) is 39.0 Å². The lowest BCUT2D eigenvalue weighted by Gasteiger charge is -2.27. The van der Waals surface area contributed by atoms with Crippen molar-refractivity contribution in [2.24, 2.45) is 11.8 Å². The van der Waals surface area contributed by atoms with E-state index in [9.17, 15) is 10.1 Å². The highest BCUT2D eigenvalue weighted by atomic mass is 16.7. The molecule has 0 spiro atoms. The molecule has 3 aliphatic rings. The van der Waals surface area contributed by atoms with E-state index in [-0.39, 0.29) is 4.92 Å². The summed E-state index contributed by atoms with van der Waals surface area (Å²) in [6.07, 6.45) is 18.1. The minimum absolute atomic E-state index is 0.0784. The number of hydrogen-bond acceptors (Lipinski definition) is 4. The number of nitrogens with zero attached hydrogens (tertiary/aromatic N) is 1. The molecular formula is C23H39NO4. The summed E-state index contributed by atoms with van der Waals surface area (Å²) in [6, 6.07) is -0.423. The molecule has 28 heavy (non-hydrogen) atoms. The van der Waals surface area contributed by atoms with E-state index in [1.54, 1.807) is 0 Å². The summed E-state index contributed by atoms with van der Waals surface area (Å²) in [4.78, 5) is 11.3. The van der Waals surface area contributed by atoms with Crippen LogP contribution in [0.15, 0.2) is 0 Å². The zero-order chi connectivity index (χ0) is 19.8. The van der Waals surface area contributed by atoms with Crippen molar-refractivity contribution in [1.82, 2.24) is 0 Å². The third-order valence-electron chi connectivity index (χ3n) is 7.16. The minimum Gasteiger partial charge on any atom is -0.342 e. The standard InChI is InChI=1S/C23H39NO4/c1-2-3-4-5-6-11-20(24(25)26)12-8-13-23-27-21-16-17-22(28-23)19-10-7-9-18(21)14-15-19/h18-22H,1-17H2. The Balaban J connectivity index is 1.45. The third kappa shape index (κ3) is 6.41. The first-order valence-corrected chi connectivity index (χ1v) is 11.8. The molecule has 0 aromatic heterocycles. The summed E-state index contributed by atoms with van der Waals surface area (Å²) >= 11 is 0. The predicted octanol–water partition coefficient (Wildman–Crippen LogP) is 6.24. The summed E-state index contributed by atoms with van der Waals surface area (Å²) in [5.74, 6) is 1.35. The van der Waals surface area contributed by atoms with E-state index < -0.39 is 6.04 Å². The van der Waals surface area contributed by atoms with Crippen molar-refractivity contribution >= 4 is 0 Å². The Hall–Kier alpha value is -0.680. The maximum atomic E-state index is 11.4. The molecule has 4 bridgehead atoms. The fourth-order valence-electron chi connectivity index (χ4n) is 5.44. The van der Waals surface area contributed by atoms with Crippen molar-refractivity contribution in [1.29, 1.82) is 0 Å². The second-order valence-electron chi connectivity index (χ2n) is 9.18. The molecule has 2 radical (unpaired) electrons. The predicted molar refractivity (Wildman–Crippen MR) is 110 cm³/mol. The van der Waals surface area contributed by atoms with Crippen molar-refractivity contribution in [3.63, 3.8) is 0 Å². The topological polar surface area (TPSA) is 61.6 Å². The zero-order valence-electron chi connectivity index (χ0n) is 17.5. The smallest absolute Gasteiger partial charge is 0.224 e. The van der Waals surface area contributed by atoms with E-state index >= 15 is 0 Å². The van der Waals surface area contributed by atoms with Crippen molar-refractivity contribution in [3.8, 4) is 0 Å². The second-order valence-corrected chi connectivity index (χ2v) is 9.18. The van der Waals surface area contributed by atoms with Crippen LogP contribution in [0.5, 0.6) is 0 Å². The number of hydrogen-bond donors (Lipinski definition) is 0. The van der Waals surface area contributed by atoms with E-state index in [0.717, 1.165) is 64.1 Å². The first-order chi connectivity index (χ1) is 13.7. The van der Waals surface area contributed by atoms with Crippen LogP contribution in [0.2, 0.25) is 0 Å². The van der Waals surface area contributed by atoms with Crippen LogP contribution in [0.25, 0.3) is 0 Å². The molecular weight excluding hydrogens is 354 g/mol. The second kappa shape index (κ2) is 11.5. The van der Waals surface area contributed by atoms with Gasteiger partial charge in [0, 0.05) is 24.2 Å². The van der Waals surface area contributed by atoms with Gasteiger partial charge < -0.3 is 9.47 Å². The lowest BCUT2D eigenvalue weighted by atomic mass is 9.84. The minimum atomic E-state index is -0.423. The molecule has 160 valence electrons. The number of unbranched alkanes of at least 4 members (excludes halogenated alkanes) is 4. The van der Waals surface area contributed by atoms with Crippen LogP contribution in [0.4, 0.5) is 0 Å². The molecule has 2 saturated carbocycles. The maximum absolute atomic E-state index is 11.4.